The summed E-state index contributed by atoms with van der Waals surface area (Å²) in [5.41, 5.74) is 15.3. The largest absolute Gasteiger partial charge is 0.501 e. The molecular weight excluding hydrogens is 963 g/mol. The van der Waals surface area contributed by atoms with Crippen molar-refractivity contribution >= 4 is 46.2 Å². The van der Waals surface area contributed by atoms with E-state index in [2.05, 4.69) is 190 Å². The van der Waals surface area contributed by atoms with Crippen LogP contribution in [0.5, 0.6) is 0 Å². The van der Waals surface area contributed by atoms with Crippen molar-refractivity contribution < 1.29 is 24.5 Å². The van der Waals surface area contributed by atoms with E-state index in [1.165, 1.54) is 44.3 Å². The number of fused-ring (bicyclic) bond motifs is 4. The normalized spacial score (nSPS) is 11.6. The first-order valence-electron chi connectivity index (χ1n) is 21.6. The Morgan fingerprint density at radius 1 is 0.587 bits per heavy atom. The number of benzene rings is 7. The Kier molecular flexibility index (Phi) is 12.6. The van der Waals surface area contributed by atoms with Crippen LogP contribution in [-0.2, 0) is 20.1 Å². The molecule has 1 radical (unpaired) electrons. The fraction of sp³-hybridized carbons (Fsp3) is 0.158. The number of para-hydroxylation sites is 3. The SMILES string of the molecule is CC(C)c1cc(-c2ccc(-c3ccccc3)cc2)cc(C(C)C)c1-n1c(-c2[c-]ccc3c2oc2ccccc23)nc2ccccc21.C[Si](C)(C)c1ccc(-c2[c-]cccc2)nc1.[Ir]. The molecule has 0 aliphatic carbocycles. The number of rotatable bonds is 8. The monoisotopic (exact) mass is 1010 g/mol. The Morgan fingerprint density at radius 3 is 1.87 bits per heavy atom. The average molecular weight is 1010 g/mol. The maximum absolute atomic E-state index is 6.51. The zero-order valence-electron chi connectivity index (χ0n) is 36.9. The molecule has 0 saturated heterocycles. The number of imidazole rings is 1. The minimum Gasteiger partial charge on any atom is -0.501 e. The van der Waals surface area contributed by atoms with Crippen molar-refractivity contribution in [2.24, 2.45) is 0 Å². The van der Waals surface area contributed by atoms with Gasteiger partial charge in [-0.3, -0.25) is 4.98 Å². The molecule has 0 unspecified atom stereocenters. The van der Waals surface area contributed by atoms with Crippen LogP contribution in [0.4, 0.5) is 0 Å². The van der Waals surface area contributed by atoms with Crippen molar-refractivity contribution in [1.82, 2.24) is 14.5 Å². The molecule has 0 N–H and O–H groups in total. The van der Waals surface area contributed by atoms with E-state index in [1.807, 2.05) is 48.7 Å². The number of nitrogens with zero attached hydrogens (tertiary/aromatic N) is 3. The van der Waals surface area contributed by atoms with E-state index in [-0.39, 0.29) is 31.9 Å². The first kappa shape index (κ1) is 43.5. The first-order valence-corrected chi connectivity index (χ1v) is 25.1. The van der Waals surface area contributed by atoms with Crippen LogP contribution in [0, 0.1) is 12.1 Å². The van der Waals surface area contributed by atoms with E-state index in [0.29, 0.717) is 0 Å². The summed E-state index contributed by atoms with van der Waals surface area (Å²) >= 11 is 0. The van der Waals surface area contributed by atoms with Crippen molar-refractivity contribution in [3.8, 4) is 50.6 Å². The second-order valence-electron chi connectivity index (χ2n) is 17.7. The van der Waals surface area contributed by atoms with Gasteiger partial charge in [0, 0.05) is 37.4 Å². The second kappa shape index (κ2) is 18.3. The summed E-state index contributed by atoms with van der Waals surface area (Å²) in [5.74, 6) is 1.39. The molecule has 63 heavy (non-hydrogen) atoms. The summed E-state index contributed by atoms with van der Waals surface area (Å²) in [5, 5.41) is 3.57. The molecule has 4 nitrogen and oxygen atoms in total. The van der Waals surface area contributed by atoms with Crippen LogP contribution in [0.25, 0.3) is 83.6 Å². The van der Waals surface area contributed by atoms with Gasteiger partial charge >= 0.3 is 0 Å². The molecule has 0 aliphatic rings. The molecule has 3 aromatic heterocycles. The molecule has 0 aliphatic heterocycles. The van der Waals surface area contributed by atoms with E-state index in [4.69, 9.17) is 9.40 Å². The van der Waals surface area contributed by atoms with Gasteiger partial charge in [0.1, 0.15) is 5.58 Å². The van der Waals surface area contributed by atoms with E-state index < -0.39 is 8.07 Å². The van der Waals surface area contributed by atoms with Crippen molar-refractivity contribution in [3.05, 3.63) is 193 Å². The van der Waals surface area contributed by atoms with Crippen molar-refractivity contribution in [3.63, 3.8) is 0 Å². The molecule has 10 rings (SSSR count). The predicted molar refractivity (Wildman–Crippen MR) is 263 cm³/mol. The van der Waals surface area contributed by atoms with Gasteiger partial charge in [0.05, 0.1) is 30.5 Å². The van der Waals surface area contributed by atoms with E-state index in [0.717, 1.165) is 55.6 Å². The molecule has 0 spiro atoms. The third kappa shape index (κ3) is 8.77. The number of furan rings is 1. The summed E-state index contributed by atoms with van der Waals surface area (Å²) < 4.78 is 8.88. The van der Waals surface area contributed by atoms with E-state index in [9.17, 15) is 0 Å². The van der Waals surface area contributed by atoms with Gasteiger partial charge in [-0.15, -0.1) is 54.1 Å². The van der Waals surface area contributed by atoms with Crippen LogP contribution < -0.4 is 5.19 Å². The summed E-state index contributed by atoms with van der Waals surface area (Å²) in [6, 6.07) is 64.0. The predicted octanol–water partition coefficient (Wildman–Crippen LogP) is 15.1. The van der Waals surface area contributed by atoms with Gasteiger partial charge in [-0.1, -0.05) is 155 Å². The standard InChI is InChI=1S/C43H35N2O.C14H16NSi.Ir/c1-27(2)36-25-32(31-23-21-30(22-24-31)29-13-6-5-7-14-29)26-37(28(3)4)41(36)45-39-19-10-9-18-38(39)44-43(45)35-17-12-16-34-33-15-8-11-20-40(33)46-42(34)35;1-16(2,3)13-9-10-14(15-11-13)12-7-5-4-6-8-12;/h5-16,18-28H,1-4H3;4-7,9-11H,1-3H3;/q2*-1;. The summed E-state index contributed by atoms with van der Waals surface area (Å²) in [6.45, 7) is 16.1. The second-order valence-corrected chi connectivity index (χ2v) is 22.7. The number of pyridine rings is 1. The molecule has 7 aromatic carbocycles. The number of aromatic nitrogens is 3. The molecule has 6 heteroatoms. The minimum atomic E-state index is -1.23. The fourth-order valence-electron chi connectivity index (χ4n) is 8.30. The molecule has 0 fully saturated rings. The summed E-state index contributed by atoms with van der Waals surface area (Å²) in [4.78, 5) is 9.79. The smallest absolute Gasteiger partial charge is 0.120 e. The van der Waals surface area contributed by atoms with Gasteiger partial charge in [0.25, 0.3) is 0 Å². The van der Waals surface area contributed by atoms with Crippen LogP contribution in [0.1, 0.15) is 50.7 Å². The zero-order chi connectivity index (χ0) is 43.0. The third-order valence-electron chi connectivity index (χ3n) is 11.7. The Morgan fingerprint density at radius 2 is 1.22 bits per heavy atom. The molecule has 3 heterocycles. The molecular formula is C57H51IrN3OSi-2. The van der Waals surface area contributed by atoms with Gasteiger partial charge in [-0.05, 0) is 86.4 Å². The Hall–Kier alpha value is -6.17. The van der Waals surface area contributed by atoms with Crippen LogP contribution in [-0.4, -0.2) is 22.6 Å². The van der Waals surface area contributed by atoms with Gasteiger partial charge in [-0.2, -0.15) is 0 Å². The quantitative estimate of drug-likeness (QED) is 0.113. The van der Waals surface area contributed by atoms with Crippen LogP contribution in [0.3, 0.4) is 0 Å². The Labute approximate surface area is 386 Å². The van der Waals surface area contributed by atoms with Crippen LogP contribution in [0.2, 0.25) is 19.6 Å². The fourth-order valence-corrected chi connectivity index (χ4v) is 9.33. The van der Waals surface area contributed by atoms with Crippen molar-refractivity contribution in [2.75, 3.05) is 0 Å². The number of hydrogen-bond acceptors (Lipinski definition) is 3. The van der Waals surface area contributed by atoms with Gasteiger partial charge in [0.15, 0.2) is 0 Å². The van der Waals surface area contributed by atoms with Crippen molar-refractivity contribution in [2.45, 2.75) is 59.2 Å². The molecule has 0 amide bonds. The average Bonchev–Trinajstić information content (AvgIpc) is 3.88. The van der Waals surface area contributed by atoms with E-state index >= 15 is 0 Å². The van der Waals surface area contributed by atoms with Crippen molar-refractivity contribution in [1.29, 1.82) is 0 Å². The maximum atomic E-state index is 6.51. The molecule has 315 valence electrons. The molecule has 0 bridgehead atoms. The third-order valence-corrected chi connectivity index (χ3v) is 13.7. The minimum absolute atomic E-state index is 0. The number of hydrogen-bond donors (Lipinski definition) is 0. The molecule has 0 atom stereocenters. The maximum Gasteiger partial charge on any atom is 0.120 e. The van der Waals surface area contributed by atoms with Gasteiger partial charge in [0.2, 0.25) is 0 Å². The Balaban J connectivity index is 0.000000271. The summed E-state index contributed by atoms with van der Waals surface area (Å²) in [7, 11) is -1.23. The van der Waals surface area contributed by atoms with Gasteiger partial charge in [-0.25, -0.2) is 0 Å². The van der Waals surface area contributed by atoms with Crippen LogP contribution in [0.15, 0.2) is 174 Å². The Bertz CT molecular complexity index is 3110. The molecule has 0 saturated carbocycles. The first-order chi connectivity index (χ1) is 30.0. The zero-order valence-corrected chi connectivity index (χ0v) is 40.3. The summed E-state index contributed by atoms with van der Waals surface area (Å²) in [6.07, 6.45) is 2.02. The molecule has 10 aromatic rings. The topological polar surface area (TPSA) is 43.9 Å². The van der Waals surface area contributed by atoms with Crippen LogP contribution >= 0.6 is 0 Å². The van der Waals surface area contributed by atoms with Gasteiger partial charge < -0.3 is 14.0 Å². The van der Waals surface area contributed by atoms with E-state index in [1.54, 1.807) is 0 Å².